The Labute approximate surface area is 237 Å². The SMILES string of the molecule is CON=C(C(=O)NC1C(=O)N2C(C(=O)O)=C(Cc3c(C)ccc(CSC(C)=O)c3C)CSC12)c1csc(N)n1. The number of nitrogens with two attached hydrogens (primary N) is 1. The zero-order valence-electron chi connectivity index (χ0n) is 21.6. The first kappa shape index (κ1) is 28.6. The number of oxime groups is 1. The average Bonchev–Trinajstić information content (AvgIpc) is 3.32. The predicted octanol–water partition coefficient (Wildman–Crippen LogP) is 2.45. The standard InChI is InChI=1S/C25H27N5O6S3/c1-11-5-6-14(8-37-13(3)31)12(2)16(11)7-15-9-38-23-19(22(33)30(23)20(15)24(34)35)28-21(32)18(29-36-4)17-10-39-25(26)27-17/h5-6,10,19,23H,7-9H2,1-4H3,(H2,26,27)(H,28,32)(H,34,35). The summed E-state index contributed by atoms with van der Waals surface area (Å²) in [6, 6.07) is 3.01. The maximum Gasteiger partial charge on any atom is 0.352 e. The van der Waals surface area contributed by atoms with Crippen LogP contribution in [0.2, 0.25) is 0 Å². The van der Waals surface area contributed by atoms with Gasteiger partial charge in [-0.15, -0.1) is 23.1 Å². The number of fused-ring (bicyclic) bond motifs is 1. The van der Waals surface area contributed by atoms with Crippen molar-refractivity contribution in [2.45, 2.75) is 44.4 Å². The fourth-order valence-corrected chi connectivity index (χ4v) is 7.05. The smallest absolute Gasteiger partial charge is 0.352 e. The van der Waals surface area contributed by atoms with Crippen LogP contribution in [0.25, 0.3) is 0 Å². The number of aromatic nitrogens is 1. The van der Waals surface area contributed by atoms with Crippen LogP contribution in [-0.4, -0.2) is 67.9 Å². The van der Waals surface area contributed by atoms with Gasteiger partial charge in [0, 0.05) is 23.8 Å². The minimum absolute atomic E-state index is 0.0244. The highest BCUT2D eigenvalue weighted by Crippen LogP contribution is 2.41. The third-order valence-electron chi connectivity index (χ3n) is 6.46. The van der Waals surface area contributed by atoms with Crippen LogP contribution in [0, 0.1) is 13.8 Å². The third-order valence-corrected chi connectivity index (χ3v) is 9.34. The minimum atomic E-state index is -1.20. The van der Waals surface area contributed by atoms with E-state index in [1.54, 1.807) is 5.38 Å². The number of carboxylic acids is 1. The number of carbonyl (C=O) groups is 4. The highest BCUT2D eigenvalue weighted by molar-refractivity contribution is 8.12. The molecule has 1 aromatic carbocycles. The molecule has 11 nitrogen and oxygen atoms in total. The molecule has 0 saturated carbocycles. The van der Waals surface area contributed by atoms with Gasteiger partial charge in [0.15, 0.2) is 16.0 Å². The van der Waals surface area contributed by atoms with Gasteiger partial charge in [-0.05, 0) is 48.1 Å². The molecule has 206 valence electrons. The van der Waals surface area contributed by atoms with E-state index in [4.69, 9.17) is 10.6 Å². The number of carbonyl (C=O) groups excluding carboxylic acids is 3. The van der Waals surface area contributed by atoms with Crippen molar-refractivity contribution >= 4 is 68.6 Å². The molecule has 3 heterocycles. The molecule has 0 spiro atoms. The Hall–Kier alpha value is -3.36. The highest BCUT2D eigenvalue weighted by Gasteiger charge is 2.54. The Kier molecular flexibility index (Phi) is 8.67. The first-order chi connectivity index (χ1) is 18.5. The van der Waals surface area contributed by atoms with Crippen molar-refractivity contribution in [2.24, 2.45) is 5.16 Å². The molecule has 1 aromatic heterocycles. The molecule has 0 aliphatic carbocycles. The van der Waals surface area contributed by atoms with Crippen LogP contribution < -0.4 is 11.1 Å². The maximum absolute atomic E-state index is 13.2. The summed E-state index contributed by atoms with van der Waals surface area (Å²) < 4.78 is 0. The quantitative estimate of drug-likeness (QED) is 0.225. The fraction of sp³-hybridized carbons (Fsp3) is 0.360. The molecule has 1 saturated heterocycles. The lowest BCUT2D eigenvalue weighted by molar-refractivity contribution is -0.150. The van der Waals surface area contributed by atoms with E-state index in [1.807, 2.05) is 26.0 Å². The minimum Gasteiger partial charge on any atom is -0.477 e. The van der Waals surface area contributed by atoms with E-state index in [2.05, 4.69) is 15.5 Å². The van der Waals surface area contributed by atoms with Gasteiger partial charge in [-0.2, -0.15) is 0 Å². The van der Waals surface area contributed by atoms with Gasteiger partial charge in [-0.3, -0.25) is 19.3 Å². The summed E-state index contributed by atoms with van der Waals surface area (Å²) >= 11 is 3.74. The van der Waals surface area contributed by atoms with Crippen molar-refractivity contribution in [3.05, 3.63) is 56.7 Å². The Morgan fingerprint density at radius 2 is 2.08 bits per heavy atom. The number of anilines is 1. The van der Waals surface area contributed by atoms with Gasteiger partial charge < -0.3 is 21.0 Å². The number of nitrogens with zero attached hydrogens (tertiary/aromatic N) is 3. The number of β-lactam (4-membered cyclic amide) rings is 1. The summed E-state index contributed by atoms with van der Waals surface area (Å²) in [5, 5.41) is 17.7. The molecule has 2 atom stereocenters. The van der Waals surface area contributed by atoms with Gasteiger partial charge >= 0.3 is 5.97 Å². The van der Waals surface area contributed by atoms with Crippen LogP contribution in [0.3, 0.4) is 0 Å². The van der Waals surface area contributed by atoms with E-state index in [9.17, 15) is 24.3 Å². The second-order valence-electron chi connectivity index (χ2n) is 8.91. The predicted molar refractivity (Wildman–Crippen MR) is 151 cm³/mol. The number of aliphatic carboxylic acids is 1. The summed E-state index contributed by atoms with van der Waals surface area (Å²) in [6.07, 6.45) is 0.355. The monoisotopic (exact) mass is 589 g/mol. The average molecular weight is 590 g/mol. The Bertz CT molecular complexity index is 1420. The number of thiazole rings is 1. The lowest BCUT2D eigenvalue weighted by Gasteiger charge is -2.49. The van der Waals surface area contributed by atoms with Crippen molar-refractivity contribution in [3.63, 3.8) is 0 Å². The lowest BCUT2D eigenvalue weighted by Crippen LogP contribution is -2.71. The normalized spacial score (nSPS) is 18.9. The molecule has 39 heavy (non-hydrogen) atoms. The van der Waals surface area contributed by atoms with Crippen molar-refractivity contribution in [3.8, 4) is 0 Å². The highest BCUT2D eigenvalue weighted by atomic mass is 32.2. The molecule has 2 amide bonds. The number of benzene rings is 1. The fourth-order valence-electron chi connectivity index (χ4n) is 4.48. The molecule has 2 unspecified atom stereocenters. The van der Waals surface area contributed by atoms with E-state index in [0.29, 0.717) is 23.5 Å². The van der Waals surface area contributed by atoms with Crippen molar-refractivity contribution in [1.29, 1.82) is 0 Å². The van der Waals surface area contributed by atoms with Gasteiger partial charge in [-0.25, -0.2) is 9.78 Å². The lowest BCUT2D eigenvalue weighted by atomic mass is 9.91. The largest absolute Gasteiger partial charge is 0.477 e. The van der Waals surface area contributed by atoms with Crippen molar-refractivity contribution in [2.75, 3.05) is 18.6 Å². The Balaban J connectivity index is 1.56. The summed E-state index contributed by atoms with van der Waals surface area (Å²) in [4.78, 5) is 60.0. The number of carboxylic acid groups (broad SMARTS) is 1. The van der Waals surface area contributed by atoms with E-state index in [0.717, 1.165) is 33.6 Å². The number of aryl methyl sites for hydroxylation is 1. The van der Waals surface area contributed by atoms with Crippen LogP contribution in [0.4, 0.5) is 5.13 Å². The summed E-state index contributed by atoms with van der Waals surface area (Å²) in [5.41, 5.74) is 10.3. The zero-order valence-corrected chi connectivity index (χ0v) is 24.1. The van der Waals surface area contributed by atoms with E-state index in [1.165, 1.54) is 42.5 Å². The van der Waals surface area contributed by atoms with E-state index in [-0.39, 0.29) is 27.3 Å². The van der Waals surface area contributed by atoms with Gasteiger partial charge in [0.1, 0.15) is 29.9 Å². The summed E-state index contributed by atoms with van der Waals surface area (Å²) in [5.74, 6) is -1.50. The summed E-state index contributed by atoms with van der Waals surface area (Å²) in [7, 11) is 1.28. The van der Waals surface area contributed by atoms with Crippen molar-refractivity contribution in [1.82, 2.24) is 15.2 Å². The van der Waals surface area contributed by atoms with Crippen LogP contribution in [-0.2, 0) is 36.2 Å². The van der Waals surface area contributed by atoms with Crippen molar-refractivity contribution < 1.29 is 29.1 Å². The zero-order chi connectivity index (χ0) is 28.4. The maximum atomic E-state index is 13.2. The number of hydrogen-bond acceptors (Lipinski definition) is 11. The Morgan fingerprint density at radius 3 is 2.69 bits per heavy atom. The Morgan fingerprint density at radius 1 is 1.33 bits per heavy atom. The van der Waals surface area contributed by atoms with Crippen LogP contribution in [0.1, 0.15) is 34.9 Å². The van der Waals surface area contributed by atoms with Gasteiger partial charge in [0.05, 0.1) is 0 Å². The van der Waals surface area contributed by atoms with Gasteiger partial charge in [0.25, 0.3) is 11.8 Å². The van der Waals surface area contributed by atoms with E-state index >= 15 is 0 Å². The number of rotatable bonds is 9. The van der Waals surface area contributed by atoms with Crippen LogP contribution in [0.5, 0.6) is 0 Å². The van der Waals surface area contributed by atoms with Gasteiger partial charge in [-0.1, -0.05) is 29.1 Å². The molecule has 2 aromatic rings. The first-order valence-corrected chi connectivity index (χ1v) is 14.7. The molecular weight excluding hydrogens is 563 g/mol. The van der Waals surface area contributed by atoms with Crippen LogP contribution in [0.15, 0.2) is 33.9 Å². The number of nitrogen functional groups attached to an aromatic ring is 1. The summed E-state index contributed by atoms with van der Waals surface area (Å²) in [6.45, 7) is 5.45. The third kappa shape index (κ3) is 5.82. The molecule has 14 heteroatoms. The number of nitrogens with one attached hydrogen (secondary N) is 1. The first-order valence-electron chi connectivity index (χ1n) is 11.8. The number of thioether (sulfide) groups is 2. The molecular formula is C25H27N5O6S3. The molecule has 4 N–H and O–H groups in total. The molecule has 0 bridgehead atoms. The number of amides is 2. The molecule has 2 aliphatic heterocycles. The molecule has 1 fully saturated rings. The second-order valence-corrected chi connectivity index (χ2v) is 12.1. The number of hydrogen-bond donors (Lipinski definition) is 3. The van der Waals surface area contributed by atoms with E-state index < -0.39 is 29.2 Å². The van der Waals surface area contributed by atoms with Gasteiger partial charge in [0.2, 0.25) is 0 Å². The molecule has 2 aliphatic rings. The molecule has 4 rings (SSSR count). The second kappa shape index (κ2) is 11.8. The van der Waals surface area contributed by atoms with Crippen LogP contribution >= 0.6 is 34.9 Å². The molecule has 0 radical (unpaired) electrons. The topological polar surface area (TPSA) is 164 Å².